The van der Waals surface area contributed by atoms with Crippen LogP contribution in [0, 0.1) is 7.53 Å². The third-order valence-electron chi connectivity index (χ3n) is 1.44. The van der Waals surface area contributed by atoms with Gasteiger partial charge in [0, 0.05) is 0 Å². The molecule has 0 bridgehead atoms. The van der Waals surface area contributed by atoms with Crippen LogP contribution in [0.5, 0.6) is 0 Å². The van der Waals surface area contributed by atoms with Crippen molar-refractivity contribution in [3.63, 3.8) is 0 Å². The fraction of sp³-hybridized carbons (Fsp3) is 0. The summed E-state index contributed by atoms with van der Waals surface area (Å²) in [4.78, 5) is 21.0. The molecule has 0 saturated carbocycles. The van der Waals surface area contributed by atoms with E-state index in [-0.39, 0.29) is 5.56 Å². The lowest BCUT2D eigenvalue weighted by Gasteiger charge is -1.88. The summed E-state index contributed by atoms with van der Waals surface area (Å²) in [5.74, 6) is 0. The van der Waals surface area contributed by atoms with Crippen molar-refractivity contribution in [3.8, 4) is 0 Å². The Bertz CT molecular complexity index is 487. The zero-order valence-corrected chi connectivity index (χ0v) is 10.0. The quantitative estimate of drug-likeness (QED) is 0.532. The Balaban J connectivity index is 2.98. The normalized spacial score (nSPS) is 10.8. The lowest BCUT2D eigenvalue weighted by atomic mass is 10.4. The highest BCUT2D eigenvalue weighted by atomic mass is 127. The number of aromatic nitrogens is 3. The van der Waals surface area contributed by atoms with Crippen molar-refractivity contribution >= 4 is 56.2 Å². The number of nitrogens with one attached hydrogen (secondary N) is 2. The van der Waals surface area contributed by atoms with Gasteiger partial charge in [0.05, 0.1) is 9.09 Å². The van der Waals surface area contributed by atoms with Crippen molar-refractivity contribution in [1.29, 1.82) is 0 Å². The van der Waals surface area contributed by atoms with Crippen LogP contribution in [0.15, 0.2) is 10.9 Å². The number of hydrogen-bond donors (Lipinski definition) is 2. The zero-order valence-electron chi connectivity index (χ0n) is 5.69. The minimum Gasteiger partial charge on any atom is -0.334 e. The van der Waals surface area contributed by atoms with Gasteiger partial charge in [-0.2, -0.15) is 0 Å². The maximum atomic E-state index is 11.3. The molecule has 12 heavy (non-hydrogen) atoms. The maximum absolute atomic E-state index is 11.3. The number of rotatable bonds is 0. The van der Waals surface area contributed by atoms with Gasteiger partial charge in [-0.1, -0.05) is 0 Å². The lowest BCUT2D eigenvalue weighted by Crippen LogP contribution is -2.08. The van der Waals surface area contributed by atoms with E-state index in [2.05, 4.69) is 37.5 Å². The van der Waals surface area contributed by atoms with Crippen molar-refractivity contribution < 1.29 is 0 Å². The Morgan fingerprint density at radius 2 is 2.08 bits per heavy atom. The van der Waals surface area contributed by atoms with E-state index in [1.165, 1.54) is 0 Å². The van der Waals surface area contributed by atoms with E-state index in [1.54, 1.807) is 6.07 Å². The van der Waals surface area contributed by atoms with Gasteiger partial charge in [-0.3, -0.25) is 4.79 Å². The summed E-state index contributed by atoms with van der Waals surface area (Å²) in [5.41, 5.74) is 0.552. The highest BCUT2D eigenvalue weighted by molar-refractivity contribution is 14.1. The molecule has 2 aromatic heterocycles. The third-order valence-corrected chi connectivity index (χ3v) is 2.53. The molecular formula is C6H3I2N3O. The van der Waals surface area contributed by atoms with Gasteiger partial charge in [0.15, 0.2) is 3.83 Å². The molecule has 0 unspecified atom stereocenters. The molecule has 6 heteroatoms. The van der Waals surface area contributed by atoms with E-state index >= 15 is 0 Å². The number of aromatic amines is 2. The molecule has 0 atom stereocenters. The van der Waals surface area contributed by atoms with E-state index in [4.69, 9.17) is 0 Å². The number of halogens is 2. The first-order valence-corrected chi connectivity index (χ1v) is 5.26. The third kappa shape index (κ3) is 1.37. The lowest BCUT2D eigenvalue weighted by molar-refractivity contribution is 1.10. The van der Waals surface area contributed by atoms with Crippen LogP contribution in [-0.4, -0.2) is 15.0 Å². The maximum Gasteiger partial charge on any atom is 0.261 e. The van der Waals surface area contributed by atoms with Gasteiger partial charge in [-0.25, -0.2) is 4.98 Å². The number of fused-ring (bicyclic) bond motifs is 1. The van der Waals surface area contributed by atoms with Gasteiger partial charge in [0.2, 0.25) is 0 Å². The highest BCUT2D eigenvalue weighted by Gasteiger charge is 2.04. The number of H-pyrrole nitrogens is 2. The molecule has 62 valence electrons. The Morgan fingerprint density at radius 1 is 1.33 bits per heavy atom. The standard InChI is InChI=1S/C6H3I2N3O/c7-3-1-2-4(9-3)10-6(8)11-5(2)12/h1H,(H2,9,10,11,12). The first-order valence-electron chi connectivity index (χ1n) is 3.11. The van der Waals surface area contributed by atoms with Crippen LogP contribution >= 0.6 is 45.2 Å². The summed E-state index contributed by atoms with van der Waals surface area (Å²) in [6.45, 7) is 0. The Labute approximate surface area is 94.4 Å². The summed E-state index contributed by atoms with van der Waals surface area (Å²) in [5, 5.41) is 0.611. The molecule has 0 saturated heterocycles. The molecule has 2 aromatic rings. The van der Waals surface area contributed by atoms with Crippen LogP contribution in [0.3, 0.4) is 0 Å². The zero-order chi connectivity index (χ0) is 8.72. The molecule has 0 spiro atoms. The monoisotopic (exact) mass is 387 g/mol. The second-order valence-corrected chi connectivity index (χ2v) is 4.42. The largest absolute Gasteiger partial charge is 0.334 e. The Hall–Kier alpha value is -0.120. The van der Waals surface area contributed by atoms with Gasteiger partial charge in [-0.15, -0.1) is 0 Å². The average molecular weight is 387 g/mol. The van der Waals surface area contributed by atoms with Crippen LogP contribution in [0.4, 0.5) is 0 Å². The van der Waals surface area contributed by atoms with Crippen molar-refractivity contribution in [2.45, 2.75) is 0 Å². The van der Waals surface area contributed by atoms with Crippen LogP contribution in [0.25, 0.3) is 11.0 Å². The van der Waals surface area contributed by atoms with Gasteiger partial charge < -0.3 is 9.97 Å². The highest BCUT2D eigenvalue weighted by Crippen LogP contribution is 2.10. The van der Waals surface area contributed by atoms with Gasteiger partial charge >= 0.3 is 0 Å². The Morgan fingerprint density at radius 3 is 2.83 bits per heavy atom. The molecular weight excluding hydrogens is 384 g/mol. The molecule has 0 fully saturated rings. The van der Waals surface area contributed by atoms with E-state index in [0.29, 0.717) is 14.9 Å². The Kier molecular flexibility index (Phi) is 2.10. The smallest absolute Gasteiger partial charge is 0.261 e. The topological polar surface area (TPSA) is 61.5 Å². The second-order valence-electron chi connectivity index (χ2n) is 2.24. The first kappa shape index (κ1) is 8.48. The van der Waals surface area contributed by atoms with E-state index in [0.717, 1.165) is 3.70 Å². The molecule has 0 aromatic carbocycles. The predicted molar refractivity (Wildman–Crippen MR) is 62.1 cm³/mol. The summed E-state index contributed by atoms with van der Waals surface area (Å²) in [6.07, 6.45) is 0. The molecule has 0 aliphatic rings. The fourth-order valence-corrected chi connectivity index (χ4v) is 2.01. The first-order chi connectivity index (χ1) is 5.66. The molecule has 2 rings (SSSR count). The summed E-state index contributed by atoms with van der Waals surface area (Å²) in [6, 6.07) is 1.78. The van der Waals surface area contributed by atoms with E-state index < -0.39 is 0 Å². The number of nitrogens with zero attached hydrogens (tertiary/aromatic N) is 1. The van der Waals surface area contributed by atoms with Crippen molar-refractivity contribution in [1.82, 2.24) is 15.0 Å². The van der Waals surface area contributed by atoms with E-state index in [9.17, 15) is 4.79 Å². The van der Waals surface area contributed by atoms with Crippen LogP contribution < -0.4 is 5.56 Å². The molecule has 0 amide bonds. The van der Waals surface area contributed by atoms with Crippen molar-refractivity contribution in [2.24, 2.45) is 0 Å². The average Bonchev–Trinajstić information content (AvgIpc) is 2.29. The second kappa shape index (κ2) is 2.98. The minimum atomic E-state index is -0.0939. The molecule has 0 aliphatic carbocycles. The van der Waals surface area contributed by atoms with Crippen LogP contribution in [0.2, 0.25) is 0 Å². The van der Waals surface area contributed by atoms with Gasteiger partial charge in [0.25, 0.3) is 5.56 Å². The number of hydrogen-bond acceptors (Lipinski definition) is 2. The molecule has 0 aliphatic heterocycles. The van der Waals surface area contributed by atoms with E-state index in [1.807, 2.05) is 22.6 Å². The minimum absolute atomic E-state index is 0.0939. The predicted octanol–water partition coefficient (Wildman–Crippen LogP) is 1.46. The van der Waals surface area contributed by atoms with Crippen LogP contribution in [0.1, 0.15) is 0 Å². The van der Waals surface area contributed by atoms with Gasteiger partial charge in [0.1, 0.15) is 5.65 Å². The SMILES string of the molecule is O=c1[nH]c(I)nc2[nH]c(I)cc12. The van der Waals surface area contributed by atoms with Gasteiger partial charge in [-0.05, 0) is 51.2 Å². The van der Waals surface area contributed by atoms with Crippen LogP contribution in [-0.2, 0) is 0 Å². The molecule has 4 nitrogen and oxygen atoms in total. The fourth-order valence-electron chi connectivity index (χ4n) is 0.960. The summed E-state index contributed by atoms with van der Waals surface area (Å²) in [7, 11) is 0. The summed E-state index contributed by atoms with van der Waals surface area (Å²) >= 11 is 4.08. The molecule has 2 N–H and O–H groups in total. The summed E-state index contributed by atoms with van der Waals surface area (Å²) < 4.78 is 1.52. The molecule has 2 heterocycles. The van der Waals surface area contributed by atoms with Crippen molar-refractivity contribution in [2.75, 3.05) is 0 Å². The molecule has 0 radical (unpaired) electrons. The van der Waals surface area contributed by atoms with Crippen molar-refractivity contribution in [3.05, 3.63) is 24.0 Å².